The van der Waals surface area contributed by atoms with E-state index in [-0.39, 0.29) is 5.55 Å². The maximum absolute atomic E-state index is 12.0. The van der Waals surface area contributed by atoms with Gasteiger partial charge in [0.2, 0.25) is 5.55 Å². The van der Waals surface area contributed by atoms with E-state index in [2.05, 4.69) is 11.1 Å². The molecule has 0 aliphatic heterocycles. The molecule has 1 amide bonds. The topological polar surface area (TPSA) is 92.4 Å². The maximum Gasteiger partial charge on any atom is 0.252 e. The van der Waals surface area contributed by atoms with Gasteiger partial charge in [-0.1, -0.05) is 18.2 Å². The number of carbonyl (C=O) groups is 1. The Hall–Kier alpha value is -2.91. The van der Waals surface area contributed by atoms with E-state index in [1.165, 1.54) is 11.3 Å². The summed E-state index contributed by atoms with van der Waals surface area (Å²) >= 11 is 1.47. The lowest BCUT2D eigenvalue weighted by atomic mass is 9.95. The minimum atomic E-state index is -0.475. The normalized spacial score (nSPS) is 14.3. The molecule has 2 heterocycles. The van der Waals surface area contributed by atoms with Gasteiger partial charge in [-0.2, -0.15) is 5.26 Å². The zero-order valence-corrected chi connectivity index (χ0v) is 14.2. The Morgan fingerprint density at radius 2 is 2.08 bits per heavy atom. The van der Waals surface area contributed by atoms with Crippen LogP contribution in [0.2, 0.25) is 0 Å². The molecule has 2 aromatic heterocycles. The Balaban J connectivity index is 1.98. The van der Waals surface area contributed by atoms with Gasteiger partial charge in [-0.25, -0.2) is 4.99 Å². The molecule has 1 aliphatic rings. The molecule has 0 saturated heterocycles. The highest BCUT2D eigenvalue weighted by molar-refractivity contribution is 7.16. The highest BCUT2D eigenvalue weighted by Crippen LogP contribution is 2.39. The van der Waals surface area contributed by atoms with Gasteiger partial charge < -0.3 is 10.2 Å². The quantitative estimate of drug-likeness (QED) is 0.766. The van der Waals surface area contributed by atoms with Gasteiger partial charge in [0.1, 0.15) is 22.2 Å². The van der Waals surface area contributed by atoms with E-state index < -0.39 is 5.91 Å². The molecule has 4 rings (SSSR count). The van der Waals surface area contributed by atoms with Crippen molar-refractivity contribution in [3.63, 3.8) is 0 Å². The summed E-state index contributed by atoms with van der Waals surface area (Å²) in [6, 6.07) is 11.3. The number of hydrogen-bond donors (Lipinski definition) is 1. The summed E-state index contributed by atoms with van der Waals surface area (Å²) in [7, 11) is 0. The van der Waals surface area contributed by atoms with Gasteiger partial charge in [0.15, 0.2) is 0 Å². The van der Waals surface area contributed by atoms with Crippen LogP contribution >= 0.6 is 11.3 Å². The van der Waals surface area contributed by atoms with E-state index in [0.29, 0.717) is 21.7 Å². The zero-order valence-electron chi connectivity index (χ0n) is 13.4. The number of carbonyl (C=O) groups excluding carboxylic acids is 1. The number of nitrogens with two attached hydrogens (primary N) is 1. The van der Waals surface area contributed by atoms with Crippen molar-refractivity contribution in [2.75, 3.05) is 0 Å². The molecular formula is C19H15N3O2S. The molecule has 0 spiro atoms. The Labute approximate surface area is 148 Å². The van der Waals surface area contributed by atoms with E-state index in [0.717, 1.165) is 41.5 Å². The number of fused-ring (bicyclic) bond motifs is 2. The van der Waals surface area contributed by atoms with Crippen molar-refractivity contribution in [1.29, 1.82) is 5.26 Å². The fourth-order valence-electron chi connectivity index (χ4n) is 3.21. The predicted molar refractivity (Wildman–Crippen MR) is 95.6 cm³/mol. The van der Waals surface area contributed by atoms with Crippen LogP contribution in [0, 0.1) is 11.3 Å². The average molecular weight is 349 g/mol. The second kappa shape index (κ2) is 6.19. The molecule has 1 aliphatic carbocycles. The predicted octanol–water partition coefficient (Wildman–Crippen LogP) is 3.58. The minimum Gasteiger partial charge on any atom is -0.437 e. The Kier molecular flexibility index (Phi) is 3.86. The molecule has 0 fully saturated rings. The molecule has 0 unspecified atom stereocenters. The first-order valence-electron chi connectivity index (χ1n) is 8.09. The smallest absolute Gasteiger partial charge is 0.252 e. The summed E-state index contributed by atoms with van der Waals surface area (Å²) < 4.78 is 5.82. The van der Waals surface area contributed by atoms with Crippen LogP contribution in [-0.4, -0.2) is 5.91 Å². The van der Waals surface area contributed by atoms with Gasteiger partial charge >= 0.3 is 0 Å². The fraction of sp³-hybridized carbons (Fsp3) is 0.211. The summed E-state index contributed by atoms with van der Waals surface area (Å²) in [5.74, 6) is -0.475. The van der Waals surface area contributed by atoms with Crippen molar-refractivity contribution >= 4 is 33.2 Å². The summed E-state index contributed by atoms with van der Waals surface area (Å²) in [5.41, 5.74) is 8.29. The van der Waals surface area contributed by atoms with Gasteiger partial charge in [-0.15, -0.1) is 11.3 Å². The Bertz CT molecular complexity index is 1100. The third-order valence-corrected chi connectivity index (χ3v) is 5.56. The number of hydrogen-bond acceptors (Lipinski definition) is 5. The number of amides is 1. The lowest BCUT2D eigenvalue weighted by Gasteiger charge is -2.10. The molecule has 3 aromatic rings. The van der Waals surface area contributed by atoms with Crippen molar-refractivity contribution in [3.05, 3.63) is 57.5 Å². The van der Waals surface area contributed by atoms with Crippen molar-refractivity contribution < 1.29 is 9.21 Å². The summed E-state index contributed by atoms with van der Waals surface area (Å²) in [4.78, 5) is 17.7. The number of benzene rings is 1. The molecular weight excluding hydrogens is 334 g/mol. The van der Waals surface area contributed by atoms with Gasteiger partial charge in [-0.3, -0.25) is 4.79 Å². The molecule has 25 heavy (non-hydrogen) atoms. The van der Waals surface area contributed by atoms with E-state index in [4.69, 9.17) is 10.2 Å². The maximum atomic E-state index is 12.0. The van der Waals surface area contributed by atoms with E-state index in [1.807, 2.05) is 24.3 Å². The van der Waals surface area contributed by atoms with Crippen molar-refractivity contribution in [1.82, 2.24) is 0 Å². The summed E-state index contributed by atoms with van der Waals surface area (Å²) in [5, 5.41) is 10.8. The number of thiophene rings is 1. The van der Waals surface area contributed by atoms with Crippen LogP contribution in [-0.2, 0) is 12.8 Å². The molecule has 0 saturated carbocycles. The summed E-state index contributed by atoms with van der Waals surface area (Å²) in [6.07, 6.45) is 3.94. The number of rotatable bonds is 2. The van der Waals surface area contributed by atoms with Crippen LogP contribution in [0.3, 0.4) is 0 Å². The highest BCUT2D eigenvalue weighted by Gasteiger charge is 2.24. The van der Waals surface area contributed by atoms with Gasteiger partial charge in [0.05, 0.1) is 5.56 Å². The number of nitriles is 1. The first-order valence-corrected chi connectivity index (χ1v) is 8.91. The molecule has 1 aromatic carbocycles. The molecule has 124 valence electrons. The number of nitrogens with zero attached hydrogens (tertiary/aromatic N) is 2. The molecule has 6 heteroatoms. The third kappa shape index (κ3) is 2.73. The van der Waals surface area contributed by atoms with Crippen LogP contribution in [0.15, 0.2) is 39.7 Å². The lowest BCUT2D eigenvalue weighted by molar-refractivity contribution is 0.1000. The molecule has 2 N–H and O–H groups in total. The second-order valence-electron chi connectivity index (χ2n) is 5.98. The van der Waals surface area contributed by atoms with Crippen molar-refractivity contribution in [2.45, 2.75) is 25.7 Å². The van der Waals surface area contributed by atoms with Crippen LogP contribution in [0.1, 0.15) is 39.2 Å². The average Bonchev–Trinajstić information content (AvgIpc) is 2.99. The van der Waals surface area contributed by atoms with E-state index >= 15 is 0 Å². The Morgan fingerprint density at radius 1 is 1.28 bits per heavy atom. The van der Waals surface area contributed by atoms with E-state index in [1.54, 1.807) is 6.07 Å². The standard InChI is InChI=1S/C19H15N3O2S/c20-10-12-9-11-5-1-3-7-14(11)24-18(12)22-19-16(17(21)23)13-6-2-4-8-15(13)25-19/h1,3,5,7,9H,2,4,6,8H2,(H2,21,23)/b22-18-. The summed E-state index contributed by atoms with van der Waals surface area (Å²) in [6.45, 7) is 0. The fourth-order valence-corrected chi connectivity index (χ4v) is 4.47. The number of primary amides is 1. The lowest BCUT2D eigenvalue weighted by Crippen LogP contribution is -2.15. The van der Waals surface area contributed by atoms with Gasteiger partial charge in [-0.05, 0) is 43.4 Å². The van der Waals surface area contributed by atoms with Crippen LogP contribution in [0.4, 0.5) is 5.00 Å². The van der Waals surface area contributed by atoms with Crippen LogP contribution in [0.25, 0.3) is 11.0 Å². The zero-order chi connectivity index (χ0) is 17.4. The largest absolute Gasteiger partial charge is 0.437 e. The molecule has 0 bridgehead atoms. The first-order chi connectivity index (χ1) is 12.2. The van der Waals surface area contributed by atoms with Crippen LogP contribution < -0.4 is 11.3 Å². The first kappa shape index (κ1) is 15.6. The van der Waals surface area contributed by atoms with Crippen LogP contribution in [0.5, 0.6) is 0 Å². The monoisotopic (exact) mass is 349 g/mol. The minimum absolute atomic E-state index is 0.210. The van der Waals surface area contributed by atoms with Crippen molar-refractivity contribution in [3.8, 4) is 6.07 Å². The van der Waals surface area contributed by atoms with E-state index in [9.17, 15) is 10.1 Å². The molecule has 0 atom stereocenters. The number of para-hydroxylation sites is 1. The Morgan fingerprint density at radius 3 is 2.88 bits per heavy atom. The van der Waals surface area contributed by atoms with Crippen molar-refractivity contribution in [2.24, 2.45) is 10.7 Å². The molecule has 5 nitrogen and oxygen atoms in total. The highest BCUT2D eigenvalue weighted by atomic mass is 32.1. The third-order valence-electron chi connectivity index (χ3n) is 4.38. The van der Waals surface area contributed by atoms with Gasteiger partial charge in [0, 0.05) is 10.3 Å². The van der Waals surface area contributed by atoms with Gasteiger partial charge in [0.25, 0.3) is 5.91 Å². The number of aryl methyl sites for hydroxylation is 1. The SMILES string of the molecule is N#Cc1cc2ccccc2o/c1=N\c1sc2c(c1C(N)=O)CCCC2. The molecule has 0 radical (unpaired) electrons. The second-order valence-corrected chi connectivity index (χ2v) is 7.07.